The van der Waals surface area contributed by atoms with Gasteiger partial charge in [0.05, 0.1) is 0 Å². The van der Waals surface area contributed by atoms with Crippen LogP contribution in [-0.2, 0) is 11.2 Å². The second kappa shape index (κ2) is 8.71. The number of amides is 2. The third kappa shape index (κ3) is 5.09. The number of carbonyl (C=O) groups is 2. The molecule has 1 aromatic carbocycles. The van der Waals surface area contributed by atoms with Gasteiger partial charge in [-0.15, -0.1) is 10.2 Å². The Morgan fingerprint density at radius 2 is 1.92 bits per heavy atom. The number of nitrogens with one attached hydrogen (secondary N) is 2. The first kappa shape index (κ1) is 19.1. The zero-order chi connectivity index (χ0) is 18.4. The lowest BCUT2D eigenvalue weighted by Crippen LogP contribution is -2.47. The summed E-state index contributed by atoms with van der Waals surface area (Å²) in [4.78, 5) is 25.1. The number of aromatic nitrogens is 2. The highest BCUT2D eigenvalue weighted by atomic mass is 32.1. The normalized spacial score (nSPS) is 12.0. The van der Waals surface area contributed by atoms with Crippen molar-refractivity contribution in [2.24, 2.45) is 5.92 Å². The Bertz CT molecular complexity index is 742. The molecule has 2 N–H and O–H groups in total. The molecule has 0 spiro atoms. The van der Waals surface area contributed by atoms with Gasteiger partial charge in [-0.25, -0.2) is 0 Å². The second-order valence-electron chi connectivity index (χ2n) is 6.25. The van der Waals surface area contributed by atoms with E-state index in [2.05, 4.69) is 27.8 Å². The van der Waals surface area contributed by atoms with Gasteiger partial charge in [-0.05, 0) is 30.9 Å². The van der Waals surface area contributed by atoms with Crippen LogP contribution in [0.15, 0.2) is 24.3 Å². The Morgan fingerprint density at radius 1 is 1.20 bits per heavy atom. The molecule has 134 valence electrons. The van der Waals surface area contributed by atoms with Crippen molar-refractivity contribution in [3.63, 3.8) is 0 Å². The van der Waals surface area contributed by atoms with Crippen LogP contribution in [0.25, 0.3) is 0 Å². The van der Waals surface area contributed by atoms with Crippen molar-refractivity contribution in [1.29, 1.82) is 0 Å². The highest BCUT2D eigenvalue weighted by Gasteiger charge is 2.26. The zero-order valence-corrected chi connectivity index (χ0v) is 15.8. The van der Waals surface area contributed by atoms with Gasteiger partial charge < -0.3 is 5.32 Å². The minimum atomic E-state index is -0.648. The molecular formula is C18H24N4O2S. The molecule has 2 aromatic rings. The summed E-state index contributed by atoms with van der Waals surface area (Å²) in [7, 11) is 0. The summed E-state index contributed by atoms with van der Waals surface area (Å²) in [6, 6.07) is 6.66. The first-order valence-corrected chi connectivity index (χ1v) is 9.23. The van der Waals surface area contributed by atoms with E-state index in [1.165, 1.54) is 11.3 Å². The number of hydrogen-bond acceptors (Lipinski definition) is 5. The SMILES string of the molecule is CCCc1nnc(NC(=O)[C@@H](NC(=O)c2ccccc2C)C(C)C)s1. The summed E-state index contributed by atoms with van der Waals surface area (Å²) in [5.41, 5.74) is 1.44. The fourth-order valence-corrected chi connectivity index (χ4v) is 3.23. The summed E-state index contributed by atoms with van der Waals surface area (Å²) in [6.07, 6.45) is 1.81. The molecule has 1 heterocycles. The van der Waals surface area contributed by atoms with Gasteiger partial charge in [0, 0.05) is 12.0 Å². The summed E-state index contributed by atoms with van der Waals surface area (Å²) < 4.78 is 0. The van der Waals surface area contributed by atoms with Crippen LogP contribution in [0.3, 0.4) is 0 Å². The zero-order valence-electron chi connectivity index (χ0n) is 15.0. The number of nitrogens with zero attached hydrogens (tertiary/aromatic N) is 2. The third-order valence-electron chi connectivity index (χ3n) is 3.79. The maximum Gasteiger partial charge on any atom is 0.252 e. The molecule has 1 aromatic heterocycles. The average Bonchev–Trinajstić information content (AvgIpc) is 2.99. The quantitative estimate of drug-likeness (QED) is 0.794. The van der Waals surface area contributed by atoms with Crippen LogP contribution in [-0.4, -0.2) is 28.1 Å². The number of carbonyl (C=O) groups excluding carboxylic acids is 2. The van der Waals surface area contributed by atoms with E-state index in [1.807, 2.05) is 39.0 Å². The van der Waals surface area contributed by atoms with E-state index in [0.717, 1.165) is 23.4 Å². The van der Waals surface area contributed by atoms with Crippen molar-refractivity contribution in [2.45, 2.75) is 46.6 Å². The highest BCUT2D eigenvalue weighted by Crippen LogP contribution is 2.18. The number of rotatable bonds is 7. The van der Waals surface area contributed by atoms with Gasteiger partial charge in [-0.2, -0.15) is 0 Å². The van der Waals surface area contributed by atoms with Gasteiger partial charge in [0.15, 0.2) is 0 Å². The molecule has 7 heteroatoms. The molecule has 2 amide bonds. The minimum Gasteiger partial charge on any atom is -0.340 e. The third-order valence-corrected chi connectivity index (χ3v) is 4.68. The lowest BCUT2D eigenvalue weighted by molar-refractivity contribution is -0.118. The average molecular weight is 360 g/mol. The number of aryl methyl sites for hydroxylation is 2. The molecule has 0 bridgehead atoms. The van der Waals surface area contributed by atoms with Crippen molar-refractivity contribution in [2.75, 3.05) is 5.32 Å². The highest BCUT2D eigenvalue weighted by molar-refractivity contribution is 7.15. The standard InChI is InChI=1S/C18H24N4O2S/c1-5-8-14-21-22-18(25-14)20-17(24)15(11(2)3)19-16(23)13-10-7-6-9-12(13)4/h6-7,9-11,15H,5,8H2,1-4H3,(H,19,23)(H,20,22,24)/t15-/m0/s1. The summed E-state index contributed by atoms with van der Waals surface area (Å²) in [5.74, 6) is -0.594. The number of benzene rings is 1. The van der Waals surface area contributed by atoms with Crippen LogP contribution in [0.4, 0.5) is 5.13 Å². The van der Waals surface area contributed by atoms with E-state index in [4.69, 9.17) is 0 Å². The van der Waals surface area contributed by atoms with Crippen LogP contribution < -0.4 is 10.6 Å². The molecule has 0 radical (unpaired) electrons. The van der Waals surface area contributed by atoms with Crippen LogP contribution in [0.5, 0.6) is 0 Å². The molecular weight excluding hydrogens is 336 g/mol. The molecule has 0 fully saturated rings. The van der Waals surface area contributed by atoms with Crippen LogP contribution in [0, 0.1) is 12.8 Å². The molecule has 6 nitrogen and oxygen atoms in total. The monoisotopic (exact) mass is 360 g/mol. The molecule has 25 heavy (non-hydrogen) atoms. The first-order valence-electron chi connectivity index (χ1n) is 8.42. The molecule has 0 unspecified atom stereocenters. The van der Waals surface area contributed by atoms with Crippen molar-refractivity contribution in [3.8, 4) is 0 Å². The van der Waals surface area contributed by atoms with E-state index in [1.54, 1.807) is 6.07 Å². The Balaban J connectivity index is 2.07. The van der Waals surface area contributed by atoms with Crippen molar-refractivity contribution in [3.05, 3.63) is 40.4 Å². The molecule has 2 rings (SSSR count). The van der Waals surface area contributed by atoms with E-state index in [-0.39, 0.29) is 17.7 Å². The molecule has 0 saturated carbocycles. The Kier molecular flexibility index (Phi) is 6.64. The number of hydrogen-bond donors (Lipinski definition) is 2. The molecule has 0 aliphatic heterocycles. The fourth-order valence-electron chi connectivity index (χ4n) is 2.38. The summed E-state index contributed by atoms with van der Waals surface area (Å²) >= 11 is 1.37. The maximum atomic E-state index is 12.6. The molecule has 0 saturated heterocycles. The van der Waals surface area contributed by atoms with E-state index in [9.17, 15) is 9.59 Å². The Hall–Kier alpha value is -2.28. The van der Waals surface area contributed by atoms with Crippen molar-refractivity contribution >= 4 is 28.3 Å². The van der Waals surface area contributed by atoms with E-state index >= 15 is 0 Å². The first-order chi connectivity index (χ1) is 11.9. The molecule has 0 aliphatic carbocycles. The summed E-state index contributed by atoms with van der Waals surface area (Å²) in [5, 5.41) is 15.0. The van der Waals surface area contributed by atoms with Crippen LogP contribution >= 0.6 is 11.3 Å². The maximum absolute atomic E-state index is 12.6. The smallest absolute Gasteiger partial charge is 0.252 e. The van der Waals surface area contributed by atoms with Gasteiger partial charge in [0.1, 0.15) is 11.0 Å². The lowest BCUT2D eigenvalue weighted by atomic mass is 10.0. The van der Waals surface area contributed by atoms with Crippen LogP contribution in [0.1, 0.15) is 48.1 Å². The summed E-state index contributed by atoms with van der Waals surface area (Å²) in [6.45, 7) is 7.72. The van der Waals surface area contributed by atoms with Gasteiger partial charge >= 0.3 is 0 Å². The van der Waals surface area contributed by atoms with Gasteiger partial charge in [-0.3, -0.25) is 14.9 Å². The van der Waals surface area contributed by atoms with Crippen molar-refractivity contribution < 1.29 is 9.59 Å². The van der Waals surface area contributed by atoms with Crippen LogP contribution in [0.2, 0.25) is 0 Å². The molecule has 0 aliphatic rings. The number of anilines is 1. The van der Waals surface area contributed by atoms with Gasteiger partial charge in [0.2, 0.25) is 11.0 Å². The van der Waals surface area contributed by atoms with Crippen molar-refractivity contribution in [1.82, 2.24) is 15.5 Å². The van der Waals surface area contributed by atoms with Gasteiger partial charge in [0.25, 0.3) is 5.91 Å². The fraction of sp³-hybridized carbons (Fsp3) is 0.444. The van der Waals surface area contributed by atoms with E-state index < -0.39 is 6.04 Å². The second-order valence-corrected chi connectivity index (χ2v) is 7.31. The largest absolute Gasteiger partial charge is 0.340 e. The predicted molar refractivity (Wildman–Crippen MR) is 99.8 cm³/mol. The Morgan fingerprint density at radius 3 is 2.56 bits per heavy atom. The molecule has 1 atom stereocenters. The van der Waals surface area contributed by atoms with Gasteiger partial charge in [-0.1, -0.05) is 50.3 Å². The predicted octanol–water partition coefficient (Wildman–Crippen LogP) is 3.19. The topological polar surface area (TPSA) is 84.0 Å². The lowest BCUT2D eigenvalue weighted by Gasteiger charge is -2.21. The van der Waals surface area contributed by atoms with E-state index in [0.29, 0.717) is 10.7 Å². The minimum absolute atomic E-state index is 0.0593. The Labute approximate surface area is 152 Å².